The maximum absolute atomic E-state index is 14.0. The van der Waals surface area contributed by atoms with E-state index in [1.54, 1.807) is 18.2 Å². The Morgan fingerprint density at radius 3 is 2.61 bits per heavy atom. The lowest BCUT2D eigenvalue weighted by Crippen LogP contribution is -2.20. The molecule has 194 valence electrons. The minimum absolute atomic E-state index is 0.0620. The molecule has 0 unspecified atom stereocenters. The lowest BCUT2D eigenvalue weighted by Gasteiger charge is -2.12. The van der Waals surface area contributed by atoms with Crippen molar-refractivity contribution in [3.05, 3.63) is 90.5 Å². The van der Waals surface area contributed by atoms with Gasteiger partial charge in [0.1, 0.15) is 17.1 Å². The van der Waals surface area contributed by atoms with Crippen molar-refractivity contribution in [2.24, 2.45) is 5.73 Å². The molecule has 2 amide bonds. The van der Waals surface area contributed by atoms with E-state index in [1.165, 1.54) is 12.1 Å². The number of carbonyl (C=O) groups is 1. The number of nitrogen functional groups attached to an aromatic ring is 1. The monoisotopic (exact) mass is 513 g/mol. The smallest absolute Gasteiger partial charge is 0.323 e. The Hall–Kier alpha value is -4.83. The molecule has 5 rings (SSSR count). The molecule has 0 bridgehead atoms. The molecule has 0 radical (unpaired) electrons. The van der Waals surface area contributed by atoms with Gasteiger partial charge in [-0.15, -0.1) is 0 Å². The van der Waals surface area contributed by atoms with Gasteiger partial charge in [0, 0.05) is 31.2 Å². The number of benzene rings is 3. The highest BCUT2D eigenvalue weighted by Gasteiger charge is 2.15. The third kappa shape index (κ3) is 5.45. The van der Waals surface area contributed by atoms with Gasteiger partial charge >= 0.3 is 6.03 Å². The molecular weight excluding hydrogens is 485 g/mol. The normalized spacial score (nSPS) is 11.0. The van der Waals surface area contributed by atoms with E-state index in [-0.39, 0.29) is 12.2 Å². The van der Waals surface area contributed by atoms with Crippen LogP contribution in [0.4, 0.5) is 26.4 Å². The number of anilines is 3. The van der Waals surface area contributed by atoms with Crippen LogP contribution in [0.5, 0.6) is 5.75 Å². The number of aryl methyl sites for hydroxylation is 1. The van der Waals surface area contributed by atoms with Crippen molar-refractivity contribution in [1.82, 2.24) is 14.8 Å². The number of nitrogens with two attached hydrogens (primary N) is 2. The number of urea groups is 1. The van der Waals surface area contributed by atoms with Gasteiger partial charge in [0.15, 0.2) is 5.82 Å². The molecule has 2 aromatic heterocycles. The summed E-state index contributed by atoms with van der Waals surface area (Å²) >= 11 is 0. The van der Waals surface area contributed by atoms with E-state index >= 15 is 0 Å². The van der Waals surface area contributed by atoms with E-state index < -0.39 is 11.8 Å². The van der Waals surface area contributed by atoms with Gasteiger partial charge in [-0.25, -0.2) is 9.18 Å². The number of amides is 2. The number of H-pyrrole nitrogens is 1. The van der Waals surface area contributed by atoms with Crippen LogP contribution < -0.4 is 26.8 Å². The maximum atomic E-state index is 14.0. The van der Waals surface area contributed by atoms with Crippen molar-refractivity contribution < 1.29 is 13.9 Å². The summed E-state index contributed by atoms with van der Waals surface area (Å²) in [6.45, 7) is 1.66. The summed E-state index contributed by atoms with van der Waals surface area (Å²) in [5, 5.41) is 13.2. The molecule has 0 fully saturated rings. The van der Waals surface area contributed by atoms with Crippen LogP contribution in [0.25, 0.3) is 22.0 Å². The Kier molecular flexibility index (Phi) is 7.23. The molecule has 0 aliphatic carbocycles. The van der Waals surface area contributed by atoms with Crippen LogP contribution in [0.3, 0.4) is 0 Å². The molecule has 2 heterocycles. The predicted octanol–water partition coefficient (Wildman–Crippen LogP) is 5.32. The average molecular weight is 514 g/mol. The van der Waals surface area contributed by atoms with Crippen molar-refractivity contribution >= 4 is 34.1 Å². The fourth-order valence-electron chi connectivity index (χ4n) is 4.25. The number of nitrogens with one attached hydrogen (secondary N) is 3. The average Bonchev–Trinajstić information content (AvgIpc) is 3.59. The predicted molar refractivity (Wildman–Crippen MR) is 147 cm³/mol. The van der Waals surface area contributed by atoms with Gasteiger partial charge in [0.2, 0.25) is 0 Å². The number of aromatic nitrogens is 3. The van der Waals surface area contributed by atoms with E-state index in [1.807, 2.05) is 48.8 Å². The highest BCUT2D eigenvalue weighted by molar-refractivity contribution is 6.04. The molecule has 5 aromatic rings. The van der Waals surface area contributed by atoms with Gasteiger partial charge in [-0.1, -0.05) is 18.2 Å². The molecule has 0 spiro atoms. The van der Waals surface area contributed by atoms with Crippen LogP contribution >= 0.6 is 0 Å². The second-order valence-electron chi connectivity index (χ2n) is 8.77. The second-order valence-corrected chi connectivity index (χ2v) is 8.77. The van der Waals surface area contributed by atoms with Crippen LogP contribution in [0.2, 0.25) is 0 Å². The second kappa shape index (κ2) is 11.1. The third-order valence-electron chi connectivity index (χ3n) is 6.16. The first-order valence-electron chi connectivity index (χ1n) is 12.2. The largest absolute Gasteiger partial charge is 0.491 e. The highest BCUT2D eigenvalue weighted by Crippen LogP contribution is 2.37. The fourth-order valence-corrected chi connectivity index (χ4v) is 4.25. The Bertz CT molecular complexity index is 1550. The number of aromatic amines is 1. The molecule has 0 aliphatic rings. The number of halogens is 1. The van der Waals surface area contributed by atoms with Gasteiger partial charge < -0.3 is 31.4 Å². The number of carbonyl (C=O) groups excluding carboxylic acids is 1. The Morgan fingerprint density at radius 2 is 1.84 bits per heavy atom. The van der Waals surface area contributed by atoms with Gasteiger partial charge in [0.05, 0.1) is 17.7 Å². The summed E-state index contributed by atoms with van der Waals surface area (Å²) in [6.07, 6.45) is 4.90. The number of nitrogens with zero attached hydrogens (tertiary/aromatic N) is 2. The van der Waals surface area contributed by atoms with Gasteiger partial charge in [-0.2, -0.15) is 5.10 Å². The zero-order valence-corrected chi connectivity index (χ0v) is 20.6. The first-order chi connectivity index (χ1) is 18.5. The number of fused-ring (bicyclic) bond motifs is 1. The molecule has 0 saturated carbocycles. The quantitative estimate of drug-likeness (QED) is 0.170. The van der Waals surface area contributed by atoms with E-state index in [0.29, 0.717) is 29.4 Å². The molecule has 0 aliphatic heterocycles. The molecule has 10 heteroatoms. The molecule has 3 aromatic carbocycles. The highest BCUT2D eigenvalue weighted by atomic mass is 19.1. The van der Waals surface area contributed by atoms with Crippen LogP contribution in [-0.2, 0) is 13.1 Å². The number of rotatable bonds is 9. The zero-order valence-electron chi connectivity index (χ0n) is 20.6. The Labute approximate surface area is 218 Å². The summed E-state index contributed by atoms with van der Waals surface area (Å²) in [5.74, 6) is 0.514. The standard InChI is InChI=1S/C28H28FN7O2/c29-22-10-4-18(17-30)16-23(22)33-28(37)32-20-7-5-19(6-8-20)21-9-11-24(26-25(21)27(31)35-34-26)38-15-3-14-36-12-1-2-13-36/h1-2,4-13,16H,3,14-15,17,30H2,(H3,31,34,35)(H2,32,33,37). The van der Waals surface area contributed by atoms with E-state index in [4.69, 9.17) is 16.2 Å². The summed E-state index contributed by atoms with van der Waals surface area (Å²) in [6, 6.07) is 18.9. The molecular formula is C28H28FN7O2. The first-order valence-corrected chi connectivity index (χ1v) is 12.2. The molecule has 9 nitrogen and oxygen atoms in total. The number of ether oxygens (including phenoxy) is 1. The van der Waals surface area contributed by atoms with Gasteiger partial charge in [-0.3, -0.25) is 5.10 Å². The number of hydrogen-bond acceptors (Lipinski definition) is 5. The van der Waals surface area contributed by atoms with Crippen molar-refractivity contribution in [2.75, 3.05) is 23.0 Å². The Balaban J connectivity index is 1.27. The summed E-state index contributed by atoms with van der Waals surface area (Å²) in [7, 11) is 0. The van der Waals surface area contributed by atoms with Crippen molar-refractivity contribution in [1.29, 1.82) is 0 Å². The van der Waals surface area contributed by atoms with Crippen LogP contribution in [0.15, 0.2) is 79.1 Å². The minimum Gasteiger partial charge on any atom is -0.491 e. The zero-order chi connectivity index (χ0) is 26.5. The minimum atomic E-state index is -0.564. The van der Waals surface area contributed by atoms with Crippen molar-refractivity contribution in [3.63, 3.8) is 0 Å². The summed E-state index contributed by atoms with van der Waals surface area (Å²) in [4.78, 5) is 12.4. The first kappa shape index (κ1) is 24.8. The number of hydrogen-bond donors (Lipinski definition) is 5. The van der Waals surface area contributed by atoms with E-state index in [9.17, 15) is 9.18 Å². The summed E-state index contributed by atoms with van der Waals surface area (Å²) < 4.78 is 22.2. The van der Waals surface area contributed by atoms with E-state index in [2.05, 4.69) is 25.4 Å². The molecule has 7 N–H and O–H groups in total. The molecule has 38 heavy (non-hydrogen) atoms. The van der Waals surface area contributed by atoms with Crippen molar-refractivity contribution in [2.45, 2.75) is 19.5 Å². The van der Waals surface area contributed by atoms with Gasteiger partial charge in [-0.05, 0) is 71.6 Å². The fraction of sp³-hybridized carbons (Fsp3) is 0.143. The van der Waals surface area contributed by atoms with Crippen LogP contribution in [0, 0.1) is 5.82 Å². The van der Waals surface area contributed by atoms with Crippen LogP contribution in [0.1, 0.15) is 12.0 Å². The molecule has 0 atom stereocenters. The van der Waals surface area contributed by atoms with Crippen LogP contribution in [-0.4, -0.2) is 27.4 Å². The summed E-state index contributed by atoms with van der Waals surface area (Å²) in [5.41, 5.74) is 15.6. The lowest BCUT2D eigenvalue weighted by molar-refractivity contribution is 0.262. The Morgan fingerprint density at radius 1 is 1.05 bits per heavy atom. The van der Waals surface area contributed by atoms with Crippen molar-refractivity contribution in [3.8, 4) is 16.9 Å². The topological polar surface area (TPSA) is 136 Å². The third-order valence-corrected chi connectivity index (χ3v) is 6.16. The lowest BCUT2D eigenvalue weighted by atomic mass is 10.0. The molecule has 0 saturated heterocycles. The van der Waals surface area contributed by atoms with Gasteiger partial charge in [0.25, 0.3) is 0 Å². The van der Waals surface area contributed by atoms with E-state index in [0.717, 1.165) is 35.0 Å². The SMILES string of the molecule is NCc1ccc(F)c(NC(=O)Nc2ccc(-c3ccc(OCCCn4cccc4)c4[nH]nc(N)c34)cc2)c1. The maximum Gasteiger partial charge on any atom is 0.323 e.